The second-order valence-electron chi connectivity index (χ2n) is 5.20. The van der Waals surface area contributed by atoms with Crippen LogP contribution in [0.15, 0.2) is 24.3 Å². The summed E-state index contributed by atoms with van der Waals surface area (Å²) in [6.45, 7) is 8.36. The van der Waals surface area contributed by atoms with Crippen molar-refractivity contribution in [3.63, 3.8) is 0 Å². The van der Waals surface area contributed by atoms with Gasteiger partial charge in [-0.05, 0) is 39.8 Å². The summed E-state index contributed by atoms with van der Waals surface area (Å²) in [6, 6.07) is 7.91. The Morgan fingerprint density at radius 1 is 1.24 bits per heavy atom. The third-order valence-electron chi connectivity index (χ3n) is 3.24. The van der Waals surface area contributed by atoms with Crippen LogP contribution in [0.5, 0.6) is 0 Å². The maximum absolute atomic E-state index is 11.9. The number of amides is 1. The molecule has 2 rings (SSSR count). The highest BCUT2D eigenvalue weighted by molar-refractivity contribution is 7.11. The Kier molecular flexibility index (Phi) is 5.09. The van der Waals surface area contributed by atoms with E-state index in [-0.39, 0.29) is 18.5 Å². The number of aryl methyl sites for hydroxylation is 3. The average Bonchev–Trinajstić information content (AvgIpc) is 2.78. The molecule has 0 aliphatic heterocycles. The van der Waals surface area contributed by atoms with Crippen molar-refractivity contribution in [3.05, 3.63) is 45.4 Å². The topological polar surface area (TPSA) is 54.0 Å². The number of carbonyl (C=O) groups is 1. The van der Waals surface area contributed by atoms with Gasteiger partial charge in [0.1, 0.15) is 0 Å². The van der Waals surface area contributed by atoms with Gasteiger partial charge in [-0.2, -0.15) is 0 Å². The number of thiazole rings is 1. The number of hydrogen-bond donors (Lipinski definition) is 2. The number of carbonyl (C=O) groups excluding carboxylic acids is 1. The quantitative estimate of drug-likeness (QED) is 0.890. The highest BCUT2D eigenvalue weighted by atomic mass is 32.1. The Labute approximate surface area is 129 Å². The second-order valence-corrected chi connectivity index (χ2v) is 6.43. The number of nitrogens with one attached hydrogen (secondary N) is 2. The van der Waals surface area contributed by atoms with Gasteiger partial charge < -0.3 is 10.6 Å². The minimum atomic E-state index is -0.0374. The van der Waals surface area contributed by atoms with Crippen LogP contribution < -0.4 is 10.6 Å². The summed E-state index contributed by atoms with van der Waals surface area (Å²) >= 11 is 1.67. The van der Waals surface area contributed by atoms with E-state index in [1.165, 1.54) is 10.4 Å². The van der Waals surface area contributed by atoms with E-state index in [1.54, 1.807) is 11.3 Å². The van der Waals surface area contributed by atoms with Crippen LogP contribution in [0.2, 0.25) is 0 Å². The molecule has 1 aromatic carbocycles. The van der Waals surface area contributed by atoms with E-state index in [2.05, 4.69) is 22.5 Å². The van der Waals surface area contributed by atoms with E-state index in [9.17, 15) is 4.79 Å². The molecule has 0 aliphatic carbocycles. The van der Waals surface area contributed by atoms with E-state index in [0.717, 1.165) is 16.4 Å². The Balaban J connectivity index is 1.86. The lowest BCUT2D eigenvalue weighted by Crippen LogP contribution is -2.30. The third-order valence-corrected chi connectivity index (χ3v) is 4.49. The molecule has 0 saturated heterocycles. The third kappa shape index (κ3) is 4.37. The maximum Gasteiger partial charge on any atom is 0.238 e. The monoisotopic (exact) mass is 303 g/mol. The van der Waals surface area contributed by atoms with Crippen LogP contribution in [-0.4, -0.2) is 17.4 Å². The smallest absolute Gasteiger partial charge is 0.238 e. The summed E-state index contributed by atoms with van der Waals surface area (Å²) in [5.41, 5.74) is 3.04. The minimum Gasteiger partial charge on any atom is -0.325 e. The van der Waals surface area contributed by atoms with Gasteiger partial charge in [0.15, 0.2) is 0 Å². The van der Waals surface area contributed by atoms with Crippen LogP contribution in [0.1, 0.15) is 34.1 Å². The lowest BCUT2D eigenvalue weighted by molar-refractivity contribution is -0.115. The van der Waals surface area contributed by atoms with Gasteiger partial charge >= 0.3 is 0 Å². The standard InChI is InChI=1S/C16H21N3OS/c1-10-5-7-14(8-6-10)19-15(20)9-17-11(2)16-12(3)18-13(4)21-16/h5-8,11,17H,9H2,1-4H3,(H,19,20). The van der Waals surface area contributed by atoms with E-state index >= 15 is 0 Å². The van der Waals surface area contributed by atoms with Crippen molar-refractivity contribution in [1.29, 1.82) is 0 Å². The SMILES string of the molecule is Cc1ccc(NC(=O)CNC(C)c2sc(C)nc2C)cc1. The molecule has 1 amide bonds. The van der Waals surface area contributed by atoms with Crippen molar-refractivity contribution in [2.75, 3.05) is 11.9 Å². The summed E-state index contributed by atoms with van der Waals surface area (Å²) < 4.78 is 0. The Hall–Kier alpha value is -1.72. The van der Waals surface area contributed by atoms with Crippen LogP contribution in [0, 0.1) is 20.8 Å². The highest BCUT2D eigenvalue weighted by Crippen LogP contribution is 2.24. The van der Waals surface area contributed by atoms with Gasteiger partial charge in [0.05, 0.1) is 17.2 Å². The fourth-order valence-corrected chi connectivity index (χ4v) is 3.08. The van der Waals surface area contributed by atoms with Crippen molar-refractivity contribution < 1.29 is 4.79 Å². The van der Waals surface area contributed by atoms with Gasteiger partial charge in [0.25, 0.3) is 0 Å². The lowest BCUT2D eigenvalue weighted by Gasteiger charge is -2.13. The molecule has 2 N–H and O–H groups in total. The first-order valence-electron chi connectivity index (χ1n) is 6.99. The predicted molar refractivity (Wildman–Crippen MR) is 87.8 cm³/mol. The summed E-state index contributed by atoms with van der Waals surface area (Å²) in [5.74, 6) is -0.0374. The maximum atomic E-state index is 11.9. The second kappa shape index (κ2) is 6.83. The molecular weight excluding hydrogens is 282 g/mol. The Morgan fingerprint density at radius 3 is 2.48 bits per heavy atom. The van der Waals surface area contributed by atoms with Gasteiger partial charge in [0, 0.05) is 16.6 Å². The van der Waals surface area contributed by atoms with Crippen molar-refractivity contribution in [2.45, 2.75) is 33.7 Å². The van der Waals surface area contributed by atoms with Crippen LogP contribution in [0.4, 0.5) is 5.69 Å². The van der Waals surface area contributed by atoms with Crippen LogP contribution in [0.3, 0.4) is 0 Å². The number of nitrogens with zero attached hydrogens (tertiary/aromatic N) is 1. The molecular formula is C16H21N3OS. The molecule has 2 aromatic rings. The van der Waals surface area contributed by atoms with Crippen molar-refractivity contribution in [2.24, 2.45) is 0 Å². The first-order chi connectivity index (χ1) is 9.95. The molecule has 1 unspecified atom stereocenters. The zero-order chi connectivity index (χ0) is 15.4. The summed E-state index contributed by atoms with van der Waals surface area (Å²) in [7, 11) is 0. The van der Waals surface area contributed by atoms with E-state index in [0.29, 0.717) is 0 Å². The van der Waals surface area contributed by atoms with Gasteiger partial charge in [-0.25, -0.2) is 4.98 Å². The first kappa shape index (κ1) is 15.7. The van der Waals surface area contributed by atoms with Crippen molar-refractivity contribution >= 4 is 22.9 Å². The summed E-state index contributed by atoms with van der Waals surface area (Å²) in [6.07, 6.45) is 0. The zero-order valence-electron chi connectivity index (χ0n) is 12.9. The number of rotatable bonds is 5. The van der Waals surface area contributed by atoms with Crippen LogP contribution in [0.25, 0.3) is 0 Å². The lowest BCUT2D eigenvalue weighted by atomic mass is 10.2. The first-order valence-corrected chi connectivity index (χ1v) is 7.81. The number of hydrogen-bond acceptors (Lipinski definition) is 4. The summed E-state index contributed by atoms with van der Waals surface area (Å²) in [5, 5.41) is 7.18. The molecule has 0 aliphatic rings. The van der Waals surface area contributed by atoms with Crippen LogP contribution in [-0.2, 0) is 4.79 Å². The number of benzene rings is 1. The molecule has 1 aromatic heterocycles. The molecule has 4 nitrogen and oxygen atoms in total. The molecule has 112 valence electrons. The molecule has 21 heavy (non-hydrogen) atoms. The minimum absolute atomic E-state index is 0.0374. The zero-order valence-corrected chi connectivity index (χ0v) is 13.7. The molecule has 1 atom stereocenters. The molecule has 0 spiro atoms. The van der Waals surface area contributed by atoms with E-state index in [1.807, 2.05) is 45.0 Å². The van der Waals surface area contributed by atoms with Crippen LogP contribution >= 0.6 is 11.3 Å². The molecule has 0 fully saturated rings. The predicted octanol–water partition coefficient (Wildman–Crippen LogP) is 3.36. The highest BCUT2D eigenvalue weighted by Gasteiger charge is 2.13. The van der Waals surface area contributed by atoms with E-state index in [4.69, 9.17) is 0 Å². The molecule has 5 heteroatoms. The van der Waals surface area contributed by atoms with E-state index < -0.39 is 0 Å². The molecule has 0 saturated carbocycles. The molecule has 0 bridgehead atoms. The number of anilines is 1. The van der Waals surface area contributed by atoms with Crippen molar-refractivity contribution in [3.8, 4) is 0 Å². The molecule has 0 radical (unpaired) electrons. The van der Waals surface area contributed by atoms with Gasteiger partial charge in [0.2, 0.25) is 5.91 Å². The fourth-order valence-electron chi connectivity index (χ4n) is 2.13. The largest absolute Gasteiger partial charge is 0.325 e. The van der Waals surface area contributed by atoms with Gasteiger partial charge in [-0.1, -0.05) is 17.7 Å². The Morgan fingerprint density at radius 2 is 1.90 bits per heavy atom. The normalized spacial score (nSPS) is 12.2. The molecule has 1 heterocycles. The fraction of sp³-hybridized carbons (Fsp3) is 0.375. The Bertz CT molecular complexity index is 619. The van der Waals surface area contributed by atoms with Gasteiger partial charge in [-0.15, -0.1) is 11.3 Å². The van der Waals surface area contributed by atoms with Gasteiger partial charge in [-0.3, -0.25) is 4.79 Å². The average molecular weight is 303 g/mol. The summed E-state index contributed by atoms with van der Waals surface area (Å²) in [4.78, 5) is 17.5. The van der Waals surface area contributed by atoms with Crippen molar-refractivity contribution in [1.82, 2.24) is 10.3 Å². The number of aromatic nitrogens is 1.